The molecule has 0 aromatic carbocycles. The first kappa shape index (κ1) is 6.65. The predicted octanol–water partition coefficient (Wildman–Crippen LogP) is 2.00. The van der Waals surface area contributed by atoms with E-state index in [9.17, 15) is 0 Å². The highest BCUT2D eigenvalue weighted by Gasteiger charge is 2.23. The molecule has 1 aliphatic carbocycles. The molecule has 58 valence electrons. The van der Waals surface area contributed by atoms with Crippen LogP contribution in [0.1, 0.15) is 24.3 Å². The number of hydrogen-bond acceptors (Lipinski definition) is 2. The van der Waals surface area contributed by atoms with Gasteiger partial charge in [0, 0.05) is 13.2 Å². The van der Waals surface area contributed by atoms with E-state index in [1.807, 2.05) is 13.2 Å². The summed E-state index contributed by atoms with van der Waals surface area (Å²) < 4.78 is 0. The molecule has 0 amide bonds. The highest BCUT2D eigenvalue weighted by Crippen LogP contribution is 2.40. The summed E-state index contributed by atoms with van der Waals surface area (Å²) in [7, 11) is 1.90. The Morgan fingerprint density at radius 1 is 1.55 bits per heavy atom. The Hall–Kier alpha value is -1.05. The van der Waals surface area contributed by atoms with Gasteiger partial charge in [0.05, 0.1) is 0 Å². The van der Waals surface area contributed by atoms with Gasteiger partial charge in [-0.05, 0) is 36.5 Å². The van der Waals surface area contributed by atoms with Crippen LogP contribution in [0.5, 0.6) is 0 Å². The molecule has 1 heterocycles. The molecule has 1 aromatic heterocycles. The van der Waals surface area contributed by atoms with E-state index in [1.54, 1.807) is 0 Å². The second-order valence-corrected chi connectivity index (χ2v) is 3.00. The maximum Gasteiger partial charge on any atom is 0.125 e. The minimum atomic E-state index is 0.824. The summed E-state index contributed by atoms with van der Waals surface area (Å²) in [6.45, 7) is 0. The molecule has 11 heavy (non-hydrogen) atoms. The van der Waals surface area contributed by atoms with Gasteiger partial charge in [0.15, 0.2) is 0 Å². The zero-order valence-corrected chi connectivity index (χ0v) is 6.67. The molecule has 0 bridgehead atoms. The van der Waals surface area contributed by atoms with Gasteiger partial charge in [-0.2, -0.15) is 0 Å². The van der Waals surface area contributed by atoms with E-state index < -0.39 is 0 Å². The molecule has 1 aromatic rings. The van der Waals surface area contributed by atoms with Gasteiger partial charge < -0.3 is 5.32 Å². The molecule has 0 spiro atoms. The SMILES string of the molecule is CNc1cc(C2CC2)ccn1. The monoisotopic (exact) mass is 148 g/mol. The number of nitrogens with one attached hydrogen (secondary N) is 1. The highest BCUT2D eigenvalue weighted by molar-refractivity contribution is 5.39. The van der Waals surface area contributed by atoms with Gasteiger partial charge in [0.2, 0.25) is 0 Å². The van der Waals surface area contributed by atoms with Crippen molar-refractivity contribution in [3.8, 4) is 0 Å². The van der Waals surface area contributed by atoms with Crippen molar-refractivity contribution in [2.45, 2.75) is 18.8 Å². The molecule has 1 fully saturated rings. The van der Waals surface area contributed by atoms with Gasteiger partial charge in [0.1, 0.15) is 5.82 Å². The predicted molar refractivity (Wildman–Crippen MR) is 45.8 cm³/mol. The van der Waals surface area contributed by atoms with Gasteiger partial charge >= 0.3 is 0 Å². The van der Waals surface area contributed by atoms with Crippen molar-refractivity contribution >= 4 is 5.82 Å². The first-order valence-corrected chi connectivity index (χ1v) is 4.04. The average Bonchev–Trinajstić information content (AvgIpc) is 2.87. The molecule has 1 saturated carbocycles. The van der Waals surface area contributed by atoms with E-state index in [-0.39, 0.29) is 0 Å². The van der Waals surface area contributed by atoms with Crippen molar-refractivity contribution in [1.82, 2.24) is 4.98 Å². The average molecular weight is 148 g/mol. The minimum Gasteiger partial charge on any atom is -0.373 e. The van der Waals surface area contributed by atoms with E-state index in [0.29, 0.717) is 0 Å². The van der Waals surface area contributed by atoms with E-state index in [4.69, 9.17) is 0 Å². The van der Waals surface area contributed by atoms with Gasteiger partial charge in [-0.3, -0.25) is 0 Å². The van der Waals surface area contributed by atoms with E-state index in [2.05, 4.69) is 22.4 Å². The van der Waals surface area contributed by atoms with Crippen LogP contribution in [-0.4, -0.2) is 12.0 Å². The maximum absolute atomic E-state index is 4.16. The lowest BCUT2D eigenvalue weighted by atomic mass is 10.2. The van der Waals surface area contributed by atoms with Crippen molar-refractivity contribution in [2.75, 3.05) is 12.4 Å². The Morgan fingerprint density at radius 2 is 2.36 bits per heavy atom. The molecular formula is C9H12N2. The minimum absolute atomic E-state index is 0.824. The second kappa shape index (κ2) is 2.53. The normalized spacial score (nSPS) is 16.5. The molecule has 0 atom stereocenters. The zero-order chi connectivity index (χ0) is 7.68. The van der Waals surface area contributed by atoms with Crippen LogP contribution < -0.4 is 5.32 Å². The Morgan fingerprint density at radius 3 is 3.00 bits per heavy atom. The highest BCUT2D eigenvalue weighted by atomic mass is 14.9. The lowest BCUT2D eigenvalue weighted by Crippen LogP contribution is -1.92. The first-order valence-electron chi connectivity index (χ1n) is 4.04. The number of anilines is 1. The van der Waals surface area contributed by atoms with Crippen LogP contribution in [0.15, 0.2) is 18.3 Å². The third-order valence-electron chi connectivity index (χ3n) is 2.09. The molecule has 0 saturated heterocycles. The van der Waals surface area contributed by atoms with Gasteiger partial charge in [-0.15, -0.1) is 0 Å². The molecule has 0 radical (unpaired) electrons. The number of nitrogens with zero attached hydrogens (tertiary/aromatic N) is 1. The molecule has 1 aliphatic rings. The fourth-order valence-corrected chi connectivity index (χ4v) is 1.25. The molecular weight excluding hydrogens is 136 g/mol. The summed E-state index contributed by atoms with van der Waals surface area (Å²) in [4.78, 5) is 4.16. The zero-order valence-electron chi connectivity index (χ0n) is 6.67. The quantitative estimate of drug-likeness (QED) is 0.693. The third-order valence-corrected chi connectivity index (χ3v) is 2.09. The molecule has 0 unspecified atom stereocenters. The molecule has 1 N–H and O–H groups in total. The van der Waals surface area contributed by atoms with Crippen LogP contribution in [0.2, 0.25) is 0 Å². The van der Waals surface area contributed by atoms with Gasteiger partial charge in [-0.25, -0.2) is 4.98 Å². The van der Waals surface area contributed by atoms with E-state index >= 15 is 0 Å². The van der Waals surface area contributed by atoms with Crippen LogP contribution in [0, 0.1) is 0 Å². The first-order chi connectivity index (χ1) is 5.40. The maximum atomic E-state index is 4.16. The molecule has 0 aliphatic heterocycles. The Balaban J connectivity index is 2.26. The lowest BCUT2D eigenvalue weighted by Gasteiger charge is -2.00. The fourth-order valence-electron chi connectivity index (χ4n) is 1.25. The molecule has 2 rings (SSSR count). The van der Waals surface area contributed by atoms with Crippen LogP contribution in [0.25, 0.3) is 0 Å². The fraction of sp³-hybridized carbons (Fsp3) is 0.444. The number of aromatic nitrogens is 1. The van der Waals surface area contributed by atoms with Crippen LogP contribution >= 0.6 is 0 Å². The van der Waals surface area contributed by atoms with Crippen molar-refractivity contribution in [2.24, 2.45) is 0 Å². The van der Waals surface area contributed by atoms with Crippen LogP contribution in [0.3, 0.4) is 0 Å². The topological polar surface area (TPSA) is 24.9 Å². The smallest absolute Gasteiger partial charge is 0.125 e. The summed E-state index contributed by atoms with van der Waals surface area (Å²) >= 11 is 0. The summed E-state index contributed by atoms with van der Waals surface area (Å²) in [5.41, 5.74) is 1.43. The third kappa shape index (κ3) is 1.34. The Bertz CT molecular complexity index is 253. The summed E-state index contributed by atoms with van der Waals surface area (Å²) in [6, 6.07) is 4.25. The largest absolute Gasteiger partial charge is 0.373 e. The van der Waals surface area contributed by atoms with Crippen molar-refractivity contribution in [1.29, 1.82) is 0 Å². The van der Waals surface area contributed by atoms with Crippen LogP contribution in [0.4, 0.5) is 5.82 Å². The lowest BCUT2D eigenvalue weighted by molar-refractivity contribution is 1.11. The second-order valence-electron chi connectivity index (χ2n) is 3.00. The van der Waals surface area contributed by atoms with Crippen molar-refractivity contribution in [3.63, 3.8) is 0 Å². The molecule has 2 heteroatoms. The number of hydrogen-bond donors (Lipinski definition) is 1. The van der Waals surface area contributed by atoms with Gasteiger partial charge in [-0.1, -0.05) is 0 Å². The van der Waals surface area contributed by atoms with Crippen LogP contribution in [-0.2, 0) is 0 Å². The Kier molecular flexibility index (Phi) is 1.53. The van der Waals surface area contributed by atoms with Gasteiger partial charge in [0.25, 0.3) is 0 Å². The van der Waals surface area contributed by atoms with Crippen molar-refractivity contribution in [3.05, 3.63) is 23.9 Å². The Labute approximate surface area is 66.7 Å². The summed E-state index contributed by atoms with van der Waals surface area (Å²) in [5.74, 6) is 1.81. The summed E-state index contributed by atoms with van der Waals surface area (Å²) in [6.07, 6.45) is 4.58. The van der Waals surface area contributed by atoms with E-state index in [1.165, 1.54) is 18.4 Å². The van der Waals surface area contributed by atoms with Crippen molar-refractivity contribution < 1.29 is 0 Å². The standard InChI is InChI=1S/C9H12N2/c1-10-9-6-8(4-5-11-9)7-2-3-7/h4-7H,2-3H2,1H3,(H,10,11). The van der Waals surface area contributed by atoms with E-state index in [0.717, 1.165) is 11.7 Å². The molecule has 2 nitrogen and oxygen atoms in total. The summed E-state index contributed by atoms with van der Waals surface area (Å²) in [5, 5.41) is 3.04. The number of pyridine rings is 1. The number of rotatable bonds is 2.